The fourth-order valence-electron chi connectivity index (χ4n) is 11.9. The third kappa shape index (κ3) is 3.56. The van der Waals surface area contributed by atoms with Crippen molar-refractivity contribution in [3.8, 4) is 0 Å². The fourth-order valence-corrected chi connectivity index (χ4v) is 12.0. The summed E-state index contributed by atoms with van der Waals surface area (Å²) in [5.41, 5.74) is 1.15. The van der Waals surface area contributed by atoms with Crippen LogP contribution in [0, 0.1) is 56.7 Å². The minimum atomic E-state index is -0.558. The second-order valence-corrected chi connectivity index (χ2v) is 15.7. The number of carbonyl (C=O) groups is 2. The molecule has 5 aliphatic carbocycles. The van der Waals surface area contributed by atoms with E-state index in [0.717, 1.165) is 44.9 Å². The van der Waals surface area contributed by atoms with Crippen molar-refractivity contribution in [2.24, 2.45) is 56.7 Å². The van der Waals surface area contributed by atoms with E-state index in [-0.39, 0.29) is 45.0 Å². The quantitative estimate of drug-likeness (QED) is 0.209. The Hall–Kier alpha value is -0.840. The normalized spacial score (nSPS) is 50.1. The summed E-state index contributed by atoms with van der Waals surface area (Å²) in [6.07, 6.45) is 10.4. The van der Waals surface area contributed by atoms with Gasteiger partial charge in [0.25, 0.3) is 0 Å². The number of allylic oxidation sites excluding steroid dienone is 1. The highest BCUT2D eigenvalue weighted by atomic mass is 79.9. The summed E-state index contributed by atoms with van der Waals surface area (Å²) >= 11 is 3.28. The Kier molecular flexibility index (Phi) is 6.62. The van der Waals surface area contributed by atoms with E-state index in [1.165, 1.54) is 24.8 Å². The maximum Gasteiger partial charge on any atom is 0.316 e. The SMILES string of the molecule is C=C(C)[C@@H]1CC[C@]2(C(=O)O)CC[C@]3(C)[C@H](CC[C@@H]4[C@@]5(C)CC[C@H](OC(=O)CBr)C(C)(C)[C@@H]5CC[C@]43C)[C@@H]12. The minimum absolute atomic E-state index is 0.0208. The topological polar surface area (TPSA) is 63.6 Å². The lowest BCUT2D eigenvalue weighted by Crippen LogP contribution is -2.67. The van der Waals surface area contributed by atoms with E-state index in [1.807, 2.05) is 0 Å². The van der Waals surface area contributed by atoms with Crippen LogP contribution in [0.4, 0.5) is 0 Å². The highest BCUT2D eigenvalue weighted by Crippen LogP contribution is 2.77. The Morgan fingerprint density at radius 2 is 1.59 bits per heavy atom. The molecule has 5 heteroatoms. The summed E-state index contributed by atoms with van der Waals surface area (Å²) in [4.78, 5) is 25.0. The van der Waals surface area contributed by atoms with Crippen LogP contribution in [-0.2, 0) is 14.3 Å². The molecule has 5 rings (SSSR count). The van der Waals surface area contributed by atoms with Crippen LogP contribution in [0.5, 0.6) is 0 Å². The average molecular weight is 578 g/mol. The molecular formula is C32H49BrO4. The van der Waals surface area contributed by atoms with Crippen LogP contribution in [0.1, 0.15) is 106 Å². The summed E-state index contributed by atoms with van der Waals surface area (Å²) in [5, 5.41) is 10.8. The maximum absolute atomic E-state index is 12.8. The molecule has 0 radical (unpaired) electrons. The number of carboxylic acids is 1. The predicted octanol–water partition coefficient (Wildman–Crippen LogP) is 8.04. The van der Waals surface area contributed by atoms with Crippen molar-refractivity contribution < 1.29 is 19.4 Å². The lowest BCUT2D eigenvalue weighted by molar-refractivity contribution is -0.250. The monoisotopic (exact) mass is 576 g/mol. The molecule has 1 N–H and O–H groups in total. The Morgan fingerprint density at radius 3 is 2.22 bits per heavy atom. The summed E-state index contributed by atoms with van der Waals surface area (Å²) in [6.45, 7) is 18.9. The van der Waals surface area contributed by atoms with Gasteiger partial charge in [0.2, 0.25) is 0 Å². The van der Waals surface area contributed by atoms with Crippen molar-refractivity contribution in [1.82, 2.24) is 0 Å². The van der Waals surface area contributed by atoms with Crippen molar-refractivity contribution in [2.75, 3.05) is 5.33 Å². The zero-order chi connectivity index (χ0) is 27.2. The number of halogens is 1. The van der Waals surface area contributed by atoms with E-state index in [4.69, 9.17) is 4.74 Å². The standard InChI is InChI=1S/C32H49BrO4/c1-19(2)20-10-15-32(27(35)36)17-16-30(6)21(26(20)32)8-9-23-29(5)13-12-24(37-25(34)18-33)28(3,4)22(29)11-14-31(23,30)7/h20-24,26H,1,8-18H2,2-7H3,(H,35,36)/t20-,21+,22-,23+,24-,26+,29-,30+,31+,32-/m0/s1. The molecule has 5 saturated carbocycles. The molecule has 0 unspecified atom stereocenters. The molecule has 0 aliphatic heterocycles. The van der Waals surface area contributed by atoms with E-state index in [9.17, 15) is 14.7 Å². The molecule has 0 aromatic heterocycles. The first-order chi connectivity index (χ1) is 17.2. The zero-order valence-corrected chi connectivity index (χ0v) is 25.6. The number of esters is 1. The Labute approximate surface area is 232 Å². The number of hydrogen-bond donors (Lipinski definition) is 1. The van der Waals surface area contributed by atoms with E-state index < -0.39 is 11.4 Å². The van der Waals surface area contributed by atoms with Gasteiger partial charge < -0.3 is 9.84 Å². The van der Waals surface area contributed by atoms with E-state index in [1.54, 1.807) is 0 Å². The van der Waals surface area contributed by atoms with Crippen molar-refractivity contribution in [3.63, 3.8) is 0 Å². The first kappa shape index (κ1) is 27.7. The Balaban J connectivity index is 1.50. The molecule has 4 nitrogen and oxygen atoms in total. The van der Waals surface area contributed by atoms with Crippen LogP contribution in [0.15, 0.2) is 12.2 Å². The number of fused-ring (bicyclic) bond motifs is 7. The molecule has 0 aromatic carbocycles. The van der Waals surface area contributed by atoms with E-state index >= 15 is 0 Å². The fraction of sp³-hybridized carbons (Fsp3) is 0.875. The smallest absolute Gasteiger partial charge is 0.316 e. The van der Waals surface area contributed by atoms with Crippen LogP contribution >= 0.6 is 15.9 Å². The maximum atomic E-state index is 12.8. The number of hydrogen-bond acceptors (Lipinski definition) is 3. The van der Waals surface area contributed by atoms with Gasteiger partial charge >= 0.3 is 11.9 Å². The van der Waals surface area contributed by atoms with Gasteiger partial charge in [-0.05, 0) is 117 Å². The van der Waals surface area contributed by atoms with Gasteiger partial charge in [0.1, 0.15) is 11.4 Å². The molecule has 0 bridgehead atoms. The van der Waals surface area contributed by atoms with Gasteiger partial charge in [-0.3, -0.25) is 9.59 Å². The third-order valence-corrected chi connectivity index (χ3v) is 14.3. The van der Waals surface area contributed by atoms with Gasteiger partial charge in [-0.15, -0.1) is 0 Å². The third-order valence-electron chi connectivity index (χ3n) is 13.8. The molecule has 5 fully saturated rings. The van der Waals surface area contributed by atoms with Crippen molar-refractivity contribution in [3.05, 3.63) is 12.2 Å². The van der Waals surface area contributed by atoms with Crippen LogP contribution in [0.2, 0.25) is 0 Å². The number of carbonyl (C=O) groups excluding carboxylic acids is 1. The summed E-state index contributed by atoms with van der Waals surface area (Å²) in [6, 6.07) is 0. The second-order valence-electron chi connectivity index (χ2n) is 15.1. The first-order valence-corrected chi connectivity index (χ1v) is 16.0. The van der Waals surface area contributed by atoms with Crippen LogP contribution in [-0.4, -0.2) is 28.5 Å². The summed E-state index contributed by atoms with van der Waals surface area (Å²) in [5.74, 6) is 1.46. The van der Waals surface area contributed by atoms with E-state index in [0.29, 0.717) is 23.7 Å². The lowest BCUT2D eigenvalue weighted by Gasteiger charge is -2.72. The number of alkyl halides is 1. The highest BCUT2D eigenvalue weighted by molar-refractivity contribution is 9.09. The Morgan fingerprint density at radius 1 is 0.892 bits per heavy atom. The van der Waals surface area contributed by atoms with Gasteiger partial charge in [-0.1, -0.05) is 62.7 Å². The highest BCUT2D eigenvalue weighted by Gasteiger charge is 2.72. The Bertz CT molecular complexity index is 989. The molecule has 5 aliphatic rings. The molecule has 0 heterocycles. The number of aliphatic carboxylic acids is 1. The van der Waals surface area contributed by atoms with Crippen LogP contribution in [0.25, 0.3) is 0 Å². The molecule has 37 heavy (non-hydrogen) atoms. The average Bonchev–Trinajstić information content (AvgIpc) is 3.23. The minimum Gasteiger partial charge on any atom is -0.481 e. The molecule has 0 aromatic rings. The molecule has 0 spiro atoms. The van der Waals surface area contributed by atoms with Crippen molar-refractivity contribution >= 4 is 27.9 Å². The number of carboxylic acid groups (broad SMARTS) is 1. The predicted molar refractivity (Wildman–Crippen MR) is 150 cm³/mol. The summed E-state index contributed by atoms with van der Waals surface area (Å²) < 4.78 is 5.98. The lowest BCUT2D eigenvalue weighted by atomic mass is 9.32. The number of rotatable bonds is 4. The molecular weight excluding hydrogens is 528 g/mol. The van der Waals surface area contributed by atoms with Crippen molar-refractivity contribution in [1.29, 1.82) is 0 Å². The van der Waals surface area contributed by atoms with Crippen LogP contribution in [0.3, 0.4) is 0 Å². The van der Waals surface area contributed by atoms with Crippen LogP contribution < -0.4 is 0 Å². The summed E-state index contributed by atoms with van der Waals surface area (Å²) in [7, 11) is 0. The van der Waals surface area contributed by atoms with Gasteiger partial charge in [-0.25, -0.2) is 0 Å². The second kappa shape index (κ2) is 8.83. The van der Waals surface area contributed by atoms with Gasteiger partial charge in [0.15, 0.2) is 0 Å². The molecule has 208 valence electrons. The van der Waals surface area contributed by atoms with Crippen molar-refractivity contribution in [2.45, 2.75) is 112 Å². The van der Waals surface area contributed by atoms with Gasteiger partial charge in [0, 0.05) is 5.41 Å². The van der Waals surface area contributed by atoms with Gasteiger partial charge in [0.05, 0.1) is 5.41 Å². The first-order valence-electron chi connectivity index (χ1n) is 14.8. The molecule has 0 amide bonds. The number of ether oxygens (including phenoxy) is 1. The zero-order valence-electron chi connectivity index (χ0n) is 24.0. The van der Waals surface area contributed by atoms with E-state index in [2.05, 4.69) is 64.1 Å². The van der Waals surface area contributed by atoms with Gasteiger partial charge in [-0.2, -0.15) is 0 Å². The molecule has 10 atom stereocenters. The molecule has 0 saturated heterocycles. The largest absolute Gasteiger partial charge is 0.481 e.